The maximum Gasteiger partial charge on any atom is 0.248 e. The number of primary amides is 1. The van der Waals surface area contributed by atoms with Crippen LogP contribution in [0.3, 0.4) is 0 Å². The molecule has 1 unspecified atom stereocenters. The standard InChI is InChI=1S/C22H19N5O2/c23-21(28)14-3-4-20-15(7-14)8-16(11-29-20)19-10-13-2-1-12(9-18(13)26-19)17-5-6-25-22(24)27-17/h1-7,9,16H,8,10-11H2,(H2,23,28)(H2,24,25,27). The molecular weight excluding hydrogens is 366 g/mol. The molecule has 3 heterocycles. The molecule has 7 heteroatoms. The largest absolute Gasteiger partial charge is 0.493 e. The van der Waals surface area contributed by atoms with Crippen molar-refractivity contribution in [3.63, 3.8) is 0 Å². The second-order valence-electron chi connectivity index (χ2n) is 7.32. The highest BCUT2D eigenvalue weighted by molar-refractivity contribution is 5.97. The summed E-state index contributed by atoms with van der Waals surface area (Å²) in [5.41, 5.74) is 17.6. The predicted molar refractivity (Wildman–Crippen MR) is 110 cm³/mol. The van der Waals surface area contributed by atoms with Crippen molar-refractivity contribution in [2.24, 2.45) is 16.6 Å². The van der Waals surface area contributed by atoms with Crippen LogP contribution in [0, 0.1) is 5.92 Å². The van der Waals surface area contributed by atoms with E-state index in [1.165, 1.54) is 5.56 Å². The number of nitrogens with zero attached hydrogens (tertiary/aromatic N) is 3. The first-order valence-electron chi connectivity index (χ1n) is 9.41. The van der Waals surface area contributed by atoms with Crippen LogP contribution in [0.5, 0.6) is 5.75 Å². The number of nitrogens with two attached hydrogens (primary N) is 2. The molecule has 0 radical (unpaired) electrons. The van der Waals surface area contributed by atoms with Gasteiger partial charge in [0.2, 0.25) is 11.9 Å². The number of rotatable bonds is 3. The summed E-state index contributed by atoms with van der Waals surface area (Å²) < 4.78 is 5.92. The van der Waals surface area contributed by atoms with E-state index >= 15 is 0 Å². The molecule has 144 valence electrons. The number of hydrogen-bond acceptors (Lipinski definition) is 6. The Labute approximate surface area is 167 Å². The lowest BCUT2D eigenvalue weighted by Crippen LogP contribution is -2.28. The molecule has 2 aromatic carbocycles. The molecule has 0 saturated carbocycles. The van der Waals surface area contributed by atoms with E-state index in [9.17, 15) is 4.79 Å². The van der Waals surface area contributed by atoms with E-state index in [1.54, 1.807) is 12.3 Å². The van der Waals surface area contributed by atoms with Crippen LogP contribution in [0.4, 0.5) is 11.6 Å². The third-order valence-electron chi connectivity index (χ3n) is 5.41. The summed E-state index contributed by atoms with van der Waals surface area (Å²) in [4.78, 5) is 24.6. The number of aromatic nitrogens is 2. The summed E-state index contributed by atoms with van der Waals surface area (Å²) >= 11 is 0. The monoisotopic (exact) mass is 385 g/mol. The van der Waals surface area contributed by atoms with Gasteiger partial charge in [-0.15, -0.1) is 0 Å². The molecule has 29 heavy (non-hydrogen) atoms. The van der Waals surface area contributed by atoms with Crippen LogP contribution in [0.25, 0.3) is 11.3 Å². The Hall–Kier alpha value is -3.74. The first-order valence-corrected chi connectivity index (χ1v) is 9.41. The number of carbonyl (C=O) groups is 1. The Morgan fingerprint density at radius 2 is 2.00 bits per heavy atom. The van der Waals surface area contributed by atoms with Crippen molar-refractivity contribution in [1.82, 2.24) is 9.97 Å². The Morgan fingerprint density at radius 1 is 1.10 bits per heavy atom. The maximum atomic E-state index is 11.5. The van der Waals surface area contributed by atoms with Gasteiger partial charge in [0.15, 0.2) is 0 Å². The quantitative estimate of drug-likeness (QED) is 0.719. The van der Waals surface area contributed by atoms with Crippen molar-refractivity contribution in [3.05, 3.63) is 65.4 Å². The Balaban J connectivity index is 1.41. The van der Waals surface area contributed by atoms with E-state index < -0.39 is 5.91 Å². The average molecular weight is 385 g/mol. The van der Waals surface area contributed by atoms with E-state index in [0.29, 0.717) is 12.2 Å². The smallest absolute Gasteiger partial charge is 0.248 e. The zero-order valence-corrected chi connectivity index (χ0v) is 15.6. The van der Waals surface area contributed by atoms with Gasteiger partial charge in [-0.25, -0.2) is 9.97 Å². The molecule has 1 atom stereocenters. The number of carbonyl (C=O) groups excluding carboxylic acids is 1. The highest BCUT2D eigenvalue weighted by Crippen LogP contribution is 2.36. The SMILES string of the molecule is NC(=O)c1ccc2c(c1)CC(C1=Nc3cc(-c4ccnc(N)n4)ccc3C1)CO2. The summed E-state index contributed by atoms with van der Waals surface area (Å²) in [6, 6.07) is 13.3. The number of fused-ring (bicyclic) bond motifs is 2. The number of ether oxygens (including phenoxy) is 1. The van der Waals surface area contributed by atoms with Crippen LogP contribution in [-0.4, -0.2) is 28.2 Å². The van der Waals surface area contributed by atoms with Crippen molar-refractivity contribution in [1.29, 1.82) is 0 Å². The minimum absolute atomic E-state index is 0.163. The topological polar surface area (TPSA) is 116 Å². The molecule has 0 spiro atoms. The lowest BCUT2D eigenvalue weighted by Gasteiger charge is -2.25. The molecule has 0 bridgehead atoms. The molecule has 2 aliphatic rings. The minimum Gasteiger partial charge on any atom is -0.493 e. The fraction of sp³-hybridized carbons (Fsp3) is 0.182. The molecule has 0 aliphatic carbocycles. The zero-order chi connectivity index (χ0) is 20.0. The van der Waals surface area contributed by atoms with Gasteiger partial charge in [-0.05, 0) is 47.9 Å². The number of nitrogen functional groups attached to an aromatic ring is 1. The summed E-state index contributed by atoms with van der Waals surface area (Å²) in [6.07, 6.45) is 3.22. The number of anilines is 1. The Morgan fingerprint density at radius 3 is 2.83 bits per heavy atom. The summed E-state index contributed by atoms with van der Waals surface area (Å²) in [5.74, 6) is 0.793. The van der Waals surface area contributed by atoms with Gasteiger partial charge in [-0.3, -0.25) is 9.79 Å². The lowest BCUT2D eigenvalue weighted by atomic mass is 9.89. The fourth-order valence-electron chi connectivity index (χ4n) is 3.90. The van der Waals surface area contributed by atoms with Gasteiger partial charge in [-0.2, -0.15) is 0 Å². The van der Waals surface area contributed by atoms with Gasteiger partial charge in [-0.1, -0.05) is 12.1 Å². The van der Waals surface area contributed by atoms with Gasteiger partial charge in [0.05, 0.1) is 18.0 Å². The Kier molecular flexibility index (Phi) is 4.01. The molecule has 5 rings (SSSR count). The van der Waals surface area contributed by atoms with E-state index in [-0.39, 0.29) is 11.9 Å². The number of hydrogen-bond donors (Lipinski definition) is 2. The first kappa shape index (κ1) is 17.4. The lowest BCUT2D eigenvalue weighted by molar-refractivity contribution is 0.1000. The van der Waals surface area contributed by atoms with Crippen LogP contribution < -0.4 is 16.2 Å². The Bertz CT molecular complexity index is 1170. The van der Waals surface area contributed by atoms with Gasteiger partial charge in [0.25, 0.3) is 0 Å². The third kappa shape index (κ3) is 3.20. The molecule has 4 N–H and O–H groups in total. The molecule has 3 aromatic rings. The minimum atomic E-state index is -0.432. The summed E-state index contributed by atoms with van der Waals surface area (Å²) in [6.45, 7) is 0.574. The molecule has 0 fully saturated rings. The molecular formula is C22H19N5O2. The van der Waals surface area contributed by atoms with Crippen molar-refractivity contribution >= 4 is 23.3 Å². The molecule has 1 aromatic heterocycles. The highest BCUT2D eigenvalue weighted by atomic mass is 16.5. The molecule has 0 saturated heterocycles. The highest BCUT2D eigenvalue weighted by Gasteiger charge is 2.28. The normalized spacial score (nSPS) is 17.1. The van der Waals surface area contributed by atoms with E-state index in [1.807, 2.05) is 30.3 Å². The maximum absolute atomic E-state index is 11.5. The van der Waals surface area contributed by atoms with Crippen molar-refractivity contribution < 1.29 is 9.53 Å². The zero-order valence-electron chi connectivity index (χ0n) is 15.6. The summed E-state index contributed by atoms with van der Waals surface area (Å²) in [7, 11) is 0. The van der Waals surface area contributed by atoms with Gasteiger partial charge in [0.1, 0.15) is 5.75 Å². The van der Waals surface area contributed by atoms with Crippen LogP contribution >= 0.6 is 0 Å². The van der Waals surface area contributed by atoms with E-state index in [0.717, 1.165) is 46.8 Å². The van der Waals surface area contributed by atoms with Gasteiger partial charge >= 0.3 is 0 Å². The molecule has 2 aliphatic heterocycles. The van der Waals surface area contributed by atoms with Crippen LogP contribution in [0.1, 0.15) is 21.5 Å². The van der Waals surface area contributed by atoms with Crippen molar-refractivity contribution in [3.8, 4) is 17.0 Å². The average Bonchev–Trinajstić information content (AvgIpc) is 3.16. The van der Waals surface area contributed by atoms with E-state index in [2.05, 4.69) is 16.0 Å². The first-order chi connectivity index (χ1) is 14.1. The van der Waals surface area contributed by atoms with Crippen molar-refractivity contribution in [2.75, 3.05) is 12.3 Å². The number of benzene rings is 2. The van der Waals surface area contributed by atoms with Crippen LogP contribution in [0.15, 0.2) is 53.7 Å². The van der Waals surface area contributed by atoms with Gasteiger partial charge in [0, 0.05) is 35.4 Å². The fourth-order valence-corrected chi connectivity index (χ4v) is 3.90. The van der Waals surface area contributed by atoms with Gasteiger partial charge < -0.3 is 16.2 Å². The van der Waals surface area contributed by atoms with Crippen molar-refractivity contribution in [2.45, 2.75) is 12.8 Å². The van der Waals surface area contributed by atoms with E-state index in [4.69, 9.17) is 21.2 Å². The van der Waals surface area contributed by atoms with Crippen LogP contribution in [-0.2, 0) is 12.8 Å². The molecule has 1 amide bonds. The second-order valence-corrected chi connectivity index (χ2v) is 7.32. The summed E-state index contributed by atoms with van der Waals surface area (Å²) in [5, 5.41) is 0. The predicted octanol–water partition coefficient (Wildman–Crippen LogP) is 2.70. The number of aliphatic imine (C=N–C) groups is 1. The number of amides is 1. The second kappa shape index (κ2) is 6.70. The molecule has 7 nitrogen and oxygen atoms in total. The van der Waals surface area contributed by atoms with Crippen LogP contribution in [0.2, 0.25) is 0 Å². The third-order valence-corrected chi connectivity index (χ3v) is 5.41.